The van der Waals surface area contributed by atoms with E-state index in [2.05, 4.69) is 10.6 Å². The molecule has 2 aliphatic rings. The first-order valence-electron chi connectivity index (χ1n) is 4.90. The lowest BCUT2D eigenvalue weighted by Crippen LogP contribution is -2.59. The first-order chi connectivity index (χ1) is 6.20. The van der Waals surface area contributed by atoms with Gasteiger partial charge in [-0.2, -0.15) is 0 Å². The topological polar surface area (TPSA) is 61.4 Å². The third-order valence-corrected chi connectivity index (χ3v) is 3.01. The van der Waals surface area contributed by atoms with Crippen LogP contribution in [0.3, 0.4) is 0 Å². The van der Waals surface area contributed by atoms with Crippen molar-refractivity contribution in [2.75, 3.05) is 13.1 Å². The Balaban J connectivity index is 2.06. The molecule has 0 radical (unpaired) electrons. The van der Waals surface area contributed by atoms with Gasteiger partial charge < -0.3 is 15.7 Å². The van der Waals surface area contributed by atoms with Gasteiger partial charge in [0.05, 0.1) is 12.5 Å². The van der Waals surface area contributed by atoms with Gasteiger partial charge in [-0.25, -0.2) is 0 Å². The predicted molar refractivity (Wildman–Crippen MR) is 48.2 cm³/mol. The summed E-state index contributed by atoms with van der Waals surface area (Å²) in [5.74, 6) is 0.000602. The van der Waals surface area contributed by atoms with E-state index < -0.39 is 6.10 Å². The van der Waals surface area contributed by atoms with Crippen molar-refractivity contribution in [1.82, 2.24) is 10.6 Å². The molecular weight excluding hydrogens is 168 g/mol. The summed E-state index contributed by atoms with van der Waals surface area (Å²) in [6, 6.07) is 0. The molecule has 0 saturated carbocycles. The standard InChI is InChI=1S/C9H16N2O2/c12-7-5-8(13)11-9(6-7)1-3-10-4-2-9/h7,10,12H,1-6H2,(H,11,13). The van der Waals surface area contributed by atoms with Crippen molar-refractivity contribution < 1.29 is 9.90 Å². The summed E-state index contributed by atoms with van der Waals surface area (Å²) in [4.78, 5) is 11.3. The maximum atomic E-state index is 11.3. The SMILES string of the molecule is O=C1CC(O)CC2(CCNCC2)N1. The number of aliphatic hydroxyl groups is 1. The smallest absolute Gasteiger partial charge is 0.223 e. The Morgan fingerprint density at radius 3 is 2.69 bits per heavy atom. The molecule has 2 heterocycles. The lowest BCUT2D eigenvalue weighted by molar-refractivity contribution is -0.129. The second kappa shape index (κ2) is 3.27. The molecule has 0 aliphatic carbocycles. The fourth-order valence-corrected chi connectivity index (χ4v) is 2.37. The number of rotatable bonds is 0. The van der Waals surface area contributed by atoms with Gasteiger partial charge in [0.1, 0.15) is 0 Å². The van der Waals surface area contributed by atoms with E-state index in [1.807, 2.05) is 0 Å². The van der Waals surface area contributed by atoms with E-state index in [9.17, 15) is 9.90 Å². The van der Waals surface area contributed by atoms with Crippen LogP contribution in [0.25, 0.3) is 0 Å². The molecule has 0 bridgehead atoms. The van der Waals surface area contributed by atoms with Crippen LogP contribution >= 0.6 is 0 Å². The van der Waals surface area contributed by atoms with Gasteiger partial charge in [0, 0.05) is 5.54 Å². The minimum Gasteiger partial charge on any atom is -0.393 e. The highest BCUT2D eigenvalue weighted by atomic mass is 16.3. The summed E-state index contributed by atoms with van der Waals surface area (Å²) in [7, 11) is 0. The summed E-state index contributed by atoms with van der Waals surface area (Å²) in [6.45, 7) is 1.88. The lowest BCUT2D eigenvalue weighted by atomic mass is 9.80. The van der Waals surface area contributed by atoms with Crippen molar-refractivity contribution in [3.63, 3.8) is 0 Å². The quantitative estimate of drug-likeness (QED) is 0.470. The molecule has 2 saturated heterocycles. The third kappa shape index (κ3) is 1.84. The Labute approximate surface area is 77.7 Å². The van der Waals surface area contributed by atoms with Crippen LogP contribution in [0.15, 0.2) is 0 Å². The van der Waals surface area contributed by atoms with Crippen LogP contribution in [0, 0.1) is 0 Å². The summed E-state index contributed by atoms with van der Waals surface area (Å²) < 4.78 is 0. The number of carbonyl (C=O) groups is 1. The van der Waals surface area contributed by atoms with Crippen molar-refractivity contribution >= 4 is 5.91 Å². The number of amides is 1. The Morgan fingerprint density at radius 2 is 2.08 bits per heavy atom. The predicted octanol–water partition coefficient (Wildman–Crippen LogP) is -0.620. The van der Waals surface area contributed by atoms with E-state index in [1.165, 1.54) is 0 Å². The molecule has 74 valence electrons. The van der Waals surface area contributed by atoms with E-state index in [0.29, 0.717) is 0 Å². The number of carbonyl (C=O) groups excluding carboxylic acids is 1. The molecule has 13 heavy (non-hydrogen) atoms. The zero-order valence-electron chi connectivity index (χ0n) is 7.68. The Kier molecular flexibility index (Phi) is 2.26. The van der Waals surface area contributed by atoms with E-state index in [0.717, 1.165) is 32.4 Å². The largest absolute Gasteiger partial charge is 0.393 e. The molecular formula is C9H16N2O2. The highest BCUT2D eigenvalue weighted by Gasteiger charge is 2.39. The maximum absolute atomic E-state index is 11.3. The van der Waals surface area contributed by atoms with Crippen LogP contribution < -0.4 is 10.6 Å². The summed E-state index contributed by atoms with van der Waals surface area (Å²) in [6.07, 6.45) is 2.44. The molecule has 1 atom stereocenters. The van der Waals surface area contributed by atoms with Crippen LogP contribution in [0.5, 0.6) is 0 Å². The van der Waals surface area contributed by atoms with Crippen LogP contribution in [-0.2, 0) is 4.79 Å². The Hall–Kier alpha value is -0.610. The van der Waals surface area contributed by atoms with Crippen LogP contribution in [0.2, 0.25) is 0 Å². The lowest BCUT2D eigenvalue weighted by Gasteiger charge is -2.42. The van der Waals surface area contributed by atoms with Crippen molar-refractivity contribution in [1.29, 1.82) is 0 Å². The summed E-state index contributed by atoms with van der Waals surface area (Å²) >= 11 is 0. The third-order valence-electron chi connectivity index (χ3n) is 3.01. The number of hydrogen-bond donors (Lipinski definition) is 3. The van der Waals surface area contributed by atoms with E-state index in [1.54, 1.807) is 0 Å². The van der Waals surface area contributed by atoms with Gasteiger partial charge in [-0.15, -0.1) is 0 Å². The van der Waals surface area contributed by atoms with Crippen molar-refractivity contribution in [2.45, 2.75) is 37.3 Å². The molecule has 2 rings (SSSR count). The van der Waals surface area contributed by atoms with Gasteiger partial charge in [0.2, 0.25) is 5.91 Å². The molecule has 2 aliphatic heterocycles. The first-order valence-corrected chi connectivity index (χ1v) is 4.90. The molecule has 0 aromatic heterocycles. The number of aliphatic hydroxyl groups excluding tert-OH is 1. The summed E-state index contributed by atoms with van der Waals surface area (Å²) in [5, 5.41) is 15.8. The van der Waals surface area contributed by atoms with Gasteiger partial charge in [-0.3, -0.25) is 4.79 Å². The molecule has 1 amide bonds. The Bertz CT molecular complexity index is 212. The fourth-order valence-electron chi connectivity index (χ4n) is 2.37. The second-order valence-corrected chi connectivity index (χ2v) is 4.14. The van der Waals surface area contributed by atoms with Gasteiger partial charge >= 0.3 is 0 Å². The van der Waals surface area contributed by atoms with Crippen molar-refractivity contribution in [3.05, 3.63) is 0 Å². The molecule has 0 aromatic carbocycles. The van der Waals surface area contributed by atoms with Crippen LogP contribution in [0.1, 0.15) is 25.7 Å². The molecule has 0 aromatic rings. The van der Waals surface area contributed by atoms with Gasteiger partial charge in [0.25, 0.3) is 0 Å². The Morgan fingerprint density at radius 1 is 1.38 bits per heavy atom. The summed E-state index contributed by atoms with van der Waals surface area (Å²) in [5.41, 5.74) is -0.111. The molecule has 1 spiro atoms. The number of nitrogens with one attached hydrogen (secondary N) is 2. The normalized spacial score (nSPS) is 33.0. The number of hydrogen-bond acceptors (Lipinski definition) is 3. The molecule has 4 heteroatoms. The van der Waals surface area contributed by atoms with Crippen LogP contribution in [0.4, 0.5) is 0 Å². The highest BCUT2D eigenvalue weighted by molar-refractivity contribution is 5.78. The van der Waals surface area contributed by atoms with Gasteiger partial charge in [0.15, 0.2) is 0 Å². The fraction of sp³-hybridized carbons (Fsp3) is 0.889. The first kappa shape index (κ1) is 8.97. The zero-order valence-corrected chi connectivity index (χ0v) is 7.68. The molecule has 3 N–H and O–H groups in total. The van der Waals surface area contributed by atoms with E-state index in [-0.39, 0.29) is 17.9 Å². The maximum Gasteiger partial charge on any atom is 0.223 e. The van der Waals surface area contributed by atoms with Crippen molar-refractivity contribution in [3.8, 4) is 0 Å². The average molecular weight is 184 g/mol. The highest BCUT2D eigenvalue weighted by Crippen LogP contribution is 2.28. The minimum absolute atomic E-state index is 0.000602. The zero-order chi connectivity index (χ0) is 9.31. The molecule has 4 nitrogen and oxygen atoms in total. The molecule has 2 fully saturated rings. The monoisotopic (exact) mass is 184 g/mol. The molecule has 1 unspecified atom stereocenters. The van der Waals surface area contributed by atoms with Crippen molar-refractivity contribution in [2.24, 2.45) is 0 Å². The van der Waals surface area contributed by atoms with Gasteiger partial charge in [-0.05, 0) is 32.4 Å². The van der Waals surface area contributed by atoms with E-state index >= 15 is 0 Å². The second-order valence-electron chi connectivity index (χ2n) is 4.14. The van der Waals surface area contributed by atoms with E-state index in [4.69, 9.17) is 0 Å². The van der Waals surface area contributed by atoms with Crippen LogP contribution in [-0.4, -0.2) is 35.7 Å². The average Bonchev–Trinajstić information content (AvgIpc) is 2.02. The minimum atomic E-state index is -0.438. The van der Waals surface area contributed by atoms with Gasteiger partial charge in [-0.1, -0.05) is 0 Å². The number of piperidine rings is 2.